The molecule has 0 saturated heterocycles. The van der Waals surface area contributed by atoms with E-state index in [1.807, 2.05) is 0 Å². The van der Waals surface area contributed by atoms with Gasteiger partial charge in [0.2, 0.25) is 0 Å². The fourth-order valence-corrected chi connectivity index (χ4v) is 2.67. The van der Waals surface area contributed by atoms with Crippen LogP contribution in [0.3, 0.4) is 0 Å². The number of ether oxygens (including phenoxy) is 2. The van der Waals surface area contributed by atoms with Gasteiger partial charge in [0.05, 0.1) is 12.1 Å². The van der Waals surface area contributed by atoms with Crippen LogP contribution in [0.2, 0.25) is 0 Å². The van der Waals surface area contributed by atoms with Crippen LogP contribution in [0.1, 0.15) is 43.7 Å². The van der Waals surface area contributed by atoms with E-state index in [1.165, 1.54) is 12.1 Å². The van der Waals surface area contributed by atoms with Crippen LogP contribution in [0.25, 0.3) is 10.9 Å². The number of carbonyl (C=O) groups is 2. The van der Waals surface area contributed by atoms with Gasteiger partial charge in [-0.25, -0.2) is 18.5 Å². The molecule has 5 nitrogen and oxygen atoms in total. The third-order valence-electron chi connectivity index (χ3n) is 3.17. The van der Waals surface area contributed by atoms with E-state index in [0.29, 0.717) is 16.3 Å². The molecular formula is C17H19BrFNO4. The van der Waals surface area contributed by atoms with Crippen molar-refractivity contribution in [3.05, 3.63) is 35.3 Å². The number of halogens is 2. The maximum atomic E-state index is 14.1. The van der Waals surface area contributed by atoms with Crippen LogP contribution in [0, 0.1) is 5.82 Å². The highest BCUT2D eigenvalue weighted by Gasteiger charge is 2.26. The van der Waals surface area contributed by atoms with Crippen molar-refractivity contribution in [1.82, 2.24) is 4.57 Å². The number of hydrogen-bond donors (Lipinski definition) is 0. The predicted octanol–water partition coefficient (Wildman–Crippen LogP) is 4.64. The van der Waals surface area contributed by atoms with Crippen molar-refractivity contribution in [2.45, 2.75) is 38.6 Å². The fourth-order valence-electron chi connectivity index (χ4n) is 2.24. The van der Waals surface area contributed by atoms with Gasteiger partial charge in [0.1, 0.15) is 17.1 Å². The van der Waals surface area contributed by atoms with E-state index >= 15 is 0 Å². The zero-order valence-electron chi connectivity index (χ0n) is 14.0. The molecule has 0 N–H and O–H groups in total. The van der Waals surface area contributed by atoms with Gasteiger partial charge in [0.15, 0.2) is 0 Å². The highest BCUT2D eigenvalue weighted by Crippen LogP contribution is 2.26. The second kappa shape index (κ2) is 6.93. The molecule has 0 aliphatic carbocycles. The number of carbonyl (C=O) groups excluding carboxylic acids is 2. The van der Waals surface area contributed by atoms with Crippen LogP contribution in [-0.2, 0) is 14.8 Å². The van der Waals surface area contributed by atoms with E-state index in [4.69, 9.17) is 9.47 Å². The molecule has 2 aromatic rings. The molecule has 0 spiro atoms. The molecule has 0 atom stereocenters. The van der Waals surface area contributed by atoms with Gasteiger partial charge >= 0.3 is 12.1 Å². The van der Waals surface area contributed by atoms with Crippen molar-refractivity contribution in [2.75, 3.05) is 6.61 Å². The lowest BCUT2D eigenvalue weighted by Crippen LogP contribution is -2.29. The summed E-state index contributed by atoms with van der Waals surface area (Å²) in [7, 11) is 0. The summed E-state index contributed by atoms with van der Waals surface area (Å²) < 4.78 is 25.5. The van der Waals surface area contributed by atoms with E-state index in [1.54, 1.807) is 33.8 Å². The summed E-state index contributed by atoms with van der Waals surface area (Å²) in [6.07, 6.45) is -0.758. The minimum Gasteiger partial charge on any atom is -0.461 e. The Kier molecular flexibility index (Phi) is 5.32. The van der Waals surface area contributed by atoms with Gasteiger partial charge < -0.3 is 9.47 Å². The van der Waals surface area contributed by atoms with E-state index in [-0.39, 0.29) is 17.8 Å². The molecule has 1 aromatic carbocycles. The number of hydrogen-bond acceptors (Lipinski definition) is 4. The van der Waals surface area contributed by atoms with E-state index in [2.05, 4.69) is 15.9 Å². The molecule has 0 unspecified atom stereocenters. The number of alkyl halides is 1. The van der Waals surface area contributed by atoms with Gasteiger partial charge in [-0.1, -0.05) is 15.9 Å². The van der Waals surface area contributed by atoms with Crippen molar-refractivity contribution in [3.8, 4) is 0 Å². The zero-order chi connectivity index (χ0) is 18.1. The van der Waals surface area contributed by atoms with Crippen LogP contribution < -0.4 is 0 Å². The molecular weight excluding hydrogens is 381 g/mol. The Bertz CT molecular complexity index is 792. The van der Waals surface area contributed by atoms with Crippen molar-refractivity contribution < 1.29 is 23.5 Å². The highest BCUT2D eigenvalue weighted by atomic mass is 79.9. The number of nitrogens with zero attached hydrogens (tertiary/aromatic N) is 1. The average Bonchev–Trinajstić information content (AvgIpc) is 2.83. The minimum absolute atomic E-state index is 0.00669. The Morgan fingerprint density at radius 1 is 1.25 bits per heavy atom. The summed E-state index contributed by atoms with van der Waals surface area (Å²) in [6, 6.07) is 4.31. The molecule has 0 fully saturated rings. The van der Waals surface area contributed by atoms with Gasteiger partial charge in [-0.05, 0) is 51.5 Å². The summed E-state index contributed by atoms with van der Waals surface area (Å²) in [4.78, 5) is 24.7. The first-order valence-corrected chi connectivity index (χ1v) is 8.60. The van der Waals surface area contributed by atoms with Gasteiger partial charge in [-0.3, -0.25) is 0 Å². The standard InChI is InChI=1S/C17H19BrFNO4/c1-5-23-15(21)14-7-10-6-11(9-18)12(19)8-13(10)20(14)16(22)24-17(2,3)4/h6-8H,5,9H2,1-4H3. The number of fused-ring (bicyclic) bond motifs is 1. The van der Waals surface area contributed by atoms with Crippen molar-refractivity contribution in [2.24, 2.45) is 0 Å². The first-order chi connectivity index (χ1) is 11.2. The molecule has 1 aromatic heterocycles. The topological polar surface area (TPSA) is 57.5 Å². The maximum Gasteiger partial charge on any atom is 0.419 e. The lowest BCUT2D eigenvalue weighted by atomic mass is 10.1. The Hall–Kier alpha value is -1.89. The lowest BCUT2D eigenvalue weighted by Gasteiger charge is -2.20. The summed E-state index contributed by atoms with van der Waals surface area (Å²) in [5.74, 6) is -1.14. The molecule has 0 saturated carbocycles. The highest BCUT2D eigenvalue weighted by molar-refractivity contribution is 9.08. The Morgan fingerprint density at radius 3 is 2.46 bits per heavy atom. The van der Waals surface area contributed by atoms with Gasteiger partial charge in [0, 0.05) is 10.7 Å². The number of rotatable bonds is 3. The first kappa shape index (κ1) is 18.4. The number of benzene rings is 1. The molecule has 1 heterocycles. The summed E-state index contributed by atoms with van der Waals surface area (Å²) in [5.41, 5.74) is -0.0607. The Balaban J connectivity index is 2.67. The molecule has 0 radical (unpaired) electrons. The quantitative estimate of drug-likeness (QED) is 0.557. The Morgan fingerprint density at radius 2 is 1.92 bits per heavy atom. The van der Waals surface area contributed by atoms with Crippen LogP contribution in [0.5, 0.6) is 0 Å². The molecule has 24 heavy (non-hydrogen) atoms. The van der Waals surface area contributed by atoms with Crippen LogP contribution in [0.4, 0.5) is 9.18 Å². The van der Waals surface area contributed by atoms with Crippen molar-refractivity contribution in [1.29, 1.82) is 0 Å². The molecule has 0 aliphatic heterocycles. The normalized spacial score (nSPS) is 11.6. The summed E-state index contributed by atoms with van der Waals surface area (Å²) >= 11 is 3.21. The van der Waals surface area contributed by atoms with E-state index < -0.39 is 23.5 Å². The summed E-state index contributed by atoms with van der Waals surface area (Å²) in [5, 5.41) is 0.876. The molecule has 0 amide bonds. The third kappa shape index (κ3) is 3.77. The molecule has 0 aliphatic rings. The van der Waals surface area contributed by atoms with Crippen LogP contribution >= 0.6 is 15.9 Å². The van der Waals surface area contributed by atoms with E-state index in [0.717, 1.165) is 4.57 Å². The largest absolute Gasteiger partial charge is 0.461 e. The van der Waals surface area contributed by atoms with Gasteiger partial charge in [0.25, 0.3) is 0 Å². The monoisotopic (exact) mass is 399 g/mol. The smallest absolute Gasteiger partial charge is 0.419 e. The first-order valence-electron chi connectivity index (χ1n) is 7.48. The fraction of sp³-hybridized carbons (Fsp3) is 0.412. The second-order valence-electron chi connectivity index (χ2n) is 6.20. The maximum absolute atomic E-state index is 14.1. The molecule has 130 valence electrons. The molecule has 2 rings (SSSR count). The van der Waals surface area contributed by atoms with Crippen LogP contribution in [-0.4, -0.2) is 28.8 Å². The van der Waals surface area contributed by atoms with Crippen molar-refractivity contribution >= 4 is 38.9 Å². The Labute approximate surface area is 147 Å². The zero-order valence-corrected chi connectivity index (χ0v) is 15.6. The third-order valence-corrected chi connectivity index (χ3v) is 3.78. The molecule has 0 bridgehead atoms. The SMILES string of the molecule is CCOC(=O)c1cc2cc(CBr)c(F)cc2n1C(=O)OC(C)(C)C. The summed E-state index contributed by atoms with van der Waals surface area (Å²) in [6.45, 7) is 6.97. The average molecular weight is 400 g/mol. The van der Waals surface area contributed by atoms with Gasteiger partial charge in [-0.15, -0.1) is 0 Å². The van der Waals surface area contributed by atoms with E-state index in [9.17, 15) is 14.0 Å². The number of aromatic nitrogens is 1. The van der Waals surface area contributed by atoms with Crippen molar-refractivity contribution in [3.63, 3.8) is 0 Å². The number of esters is 1. The lowest BCUT2D eigenvalue weighted by molar-refractivity contribution is 0.0454. The second-order valence-corrected chi connectivity index (χ2v) is 6.76. The minimum atomic E-state index is -0.758. The predicted molar refractivity (Wildman–Crippen MR) is 92.1 cm³/mol. The van der Waals surface area contributed by atoms with Gasteiger partial charge in [-0.2, -0.15) is 0 Å². The van der Waals surface area contributed by atoms with Crippen LogP contribution in [0.15, 0.2) is 18.2 Å². The molecule has 7 heteroatoms.